The fourth-order valence-corrected chi connectivity index (χ4v) is 3.91. The van der Waals surface area contributed by atoms with Crippen LogP contribution in [-0.2, 0) is 16.1 Å². The SMILES string of the molecule is Cc1cccc(COC(=O)NC2CCCCC2C(=O)NC(C#N)c2cccc(O)c2)c1. The Hall–Kier alpha value is -3.53. The number of aromatic hydroxyl groups is 1. The summed E-state index contributed by atoms with van der Waals surface area (Å²) < 4.78 is 5.34. The van der Waals surface area contributed by atoms with Gasteiger partial charge in [0.15, 0.2) is 0 Å². The highest BCUT2D eigenvalue weighted by atomic mass is 16.5. The molecule has 0 saturated heterocycles. The summed E-state index contributed by atoms with van der Waals surface area (Å²) in [4.78, 5) is 25.2. The summed E-state index contributed by atoms with van der Waals surface area (Å²) in [5, 5.41) is 24.7. The van der Waals surface area contributed by atoms with Crippen molar-refractivity contribution < 1.29 is 19.4 Å². The Bertz CT molecular complexity index is 969. The van der Waals surface area contributed by atoms with Crippen molar-refractivity contribution in [3.63, 3.8) is 0 Å². The van der Waals surface area contributed by atoms with E-state index in [9.17, 15) is 20.0 Å². The van der Waals surface area contributed by atoms with Crippen molar-refractivity contribution in [2.75, 3.05) is 0 Å². The zero-order valence-corrected chi connectivity index (χ0v) is 17.5. The number of nitrogens with zero attached hydrogens (tertiary/aromatic N) is 1. The molecule has 3 atom stereocenters. The van der Waals surface area contributed by atoms with Gasteiger partial charge in [0.2, 0.25) is 5.91 Å². The zero-order chi connectivity index (χ0) is 22.2. The number of phenolic OH excluding ortho intramolecular Hbond substituents is 1. The van der Waals surface area contributed by atoms with Gasteiger partial charge in [-0.3, -0.25) is 4.79 Å². The van der Waals surface area contributed by atoms with Crippen molar-refractivity contribution in [2.45, 2.75) is 51.3 Å². The van der Waals surface area contributed by atoms with Crippen molar-refractivity contribution in [3.05, 3.63) is 65.2 Å². The molecule has 3 unspecified atom stereocenters. The third kappa shape index (κ3) is 6.22. The van der Waals surface area contributed by atoms with Crippen molar-refractivity contribution in [3.8, 4) is 11.8 Å². The number of carbonyl (C=O) groups excluding carboxylic acids is 2. The molecule has 2 amide bonds. The Morgan fingerprint density at radius 2 is 1.97 bits per heavy atom. The van der Waals surface area contributed by atoms with Gasteiger partial charge >= 0.3 is 6.09 Å². The summed E-state index contributed by atoms with van der Waals surface area (Å²) >= 11 is 0. The largest absolute Gasteiger partial charge is 0.508 e. The number of ether oxygens (including phenoxy) is 1. The normalized spacial score (nSPS) is 19.0. The van der Waals surface area contributed by atoms with Crippen LogP contribution in [-0.4, -0.2) is 23.1 Å². The van der Waals surface area contributed by atoms with Crippen LogP contribution in [0.3, 0.4) is 0 Å². The lowest BCUT2D eigenvalue weighted by Gasteiger charge is -2.31. The van der Waals surface area contributed by atoms with Gasteiger partial charge in [-0.25, -0.2) is 4.79 Å². The fraction of sp³-hybridized carbons (Fsp3) is 0.375. The lowest BCUT2D eigenvalue weighted by molar-refractivity contribution is -0.127. The van der Waals surface area contributed by atoms with Crippen molar-refractivity contribution in [2.24, 2.45) is 5.92 Å². The highest BCUT2D eigenvalue weighted by molar-refractivity contribution is 5.81. The maximum Gasteiger partial charge on any atom is 0.407 e. The van der Waals surface area contributed by atoms with Crippen LogP contribution in [0.5, 0.6) is 5.75 Å². The van der Waals surface area contributed by atoms with E-state index in [2.05, 4.69) is 16.7 Å². The molecule has 0 aromatic heterocycles. The molecule has 1 saturated carbocycles. The number of hydrogen-bond donors (Lipinski definition) is 3. The monoisotopic (exact) mass is 421 g/mol. The van der Waals surface area contributed by atoms with E-state index < -0.39 is 18.1 Å². The van der Waals surface area contributed by atoms with Gasteiger partial charge in [-0.15, -0.1) is 0 Å². The predicted octanol–water partition coefficient (Wildman–Crippen LogP) is 3.87. The van der Waals surface area contributed by atoms with Crippen LogP contribution in [0.15, 0.2) is 48.5 Å². The number of phenols is 1. The summed E-state index contributed by atoms with van der Waals surface area (Å²) in [7, 11) is 0. The lowest BCUT2D eigenvalue weighted by atomic mass is 9.83. The molecule has 31 heavy (non-hydrogen) atoms. The summed E-state index contributed by atoms with van der Waals surface area (Å²) in [5.74, 6) is -0.715. The topological polar surface area (TPSA) is 111 Å². The van der Waals surface area contributed by atoms with Crippen molar-refractivity contribution in [1.29, 1.82) is 5.26 Å². The van der Waals surface area contributed by atoms with Gasteiger partial charge in [0.1, 0.15) is 18.4 Å². The van der Waals surface area contributed by atoms with E-state index in [1.54, 1.807) is 12.1 Å². The van der Waals surface area contributed by atoms with Crippen LogP contribution >= 0.6 is 0 Å². The summed E-state index contributed by atoms with van der Waals surface area (Å²) in [6.45, 7) is 2.13. The van der Waals surface area contributed by atoms with Crippen LogP contribution < -0.4 is 10.6 Å². The maximum atomic E-state index is 12.9. The van der Waals surface area contributed by atoms with E-state index in [1.807, 2.05) is 31.2 Å². The molecule has 0 bridgehead atoms. The van der Waals surface area contributed by atoms with Crippen LogP contribution in [0.4, 0.5) is 4.79 Å². The number of aryl methyl sites for hydroxylation is 1. The number of nitrogens with one attached hydrogen (secondary N) is 2. The Labute approximate surface area is 182 Å². The smallest absolute Gasteiger partial charge is 0.407 e. The molecule has 1 aliphatic rings. The van der Waals surface area contributed by atoms with Crippen molar-refractivity contribution in [1.82, 2.24) is 10.6 Å². The average Bonchev–Trinajstić information content (AvgIpc) is 2.76. The highest BCUT2D eigenvalue weighted by Gasteiger charge is 2.33. The summed E-state index contributed by atoms with van der Waals surface area (Å²) in [5.41, 5.74) is 2.49. The van der Waals surface area contributed by atoms with Gasteiger partial charge in [-0.1, -0.05) is 54.8 Å². The van der Waals surface area contributed by atoms with Crippen LogP contribution in [0, 0.1) is 24.2 Å². The van der Waals surface area contributed by atoms with E-state index in [0.717, 1.165) is 24.0 Å². The first-order valence-electron chi connectivity index (χ1n) is 10.4. The average molecular weight is 421 g/mol. The quantitative estimate of drug-likeness (QED) is 0.656. The molecule has 7 heteroatoms. The molecule has 1 fully saturated rings. The molecule has 7 nitrogen and oxygen atoms in total. The number of hydrogen-bond acceptors (Lipinski definition) is 5. The van der Waals surface area contributed by atoms with Crippen LogP contribution in [0.1, 0.15) is 48.4 Å². The molecule has 3 rings (SSSR count). The third-order valence-electron chi connectivity index (χ3n) is 5.48. The predicted molar refractivity (Wildman–Crippen MR) is 115 cm³/mol. The number of amides is 2. The molecule has 0 radical (unpaired) electrons. The molecule has 162 valence electrons. The van der Waals surface area contributed by atoms with Gasteiger partial charge in [0, 0.05) is 6.04 Å². The second-order valence-electron chi connectivity index (χ2n) is 7.87. The van der Waals surface area contributed by atoms with E-state index >= 15 is 0 Å². The number of carbonyl (C=O) groups is 2. The number of rotatable bonds is 6. The Kier molecular flexibility index (Phi) is 7.50. The second kappa shape index (κ2) is 10.5. The van der Waals surface area contributed by atoms with Gasteiger partial charge in [0.05, 0.1) is 12.0 Å². The first-order valence-corrected chi connectivity index (χ1v) is 10.4. The molecule has 3 N–H and O–H groups in total. The minimum atomic E-state index is -0.879. The van der Waals surface area contributed by atoms with Crippen LogP contribution in [0.2, 0.25) is 0 Å². The minimum absolute atomic E-state index is 0.0283. The molecule has 0 heterocycles. The standard InChI is InChI=1S/C24H27N3O4/c1-16-6-4-7-17(12-16)15-31-24(30)27-21-11-3-2-10-20(21)23(29)26-22(14-25)18-8-5-9-19(28)13-18/h4-9,12-13,20-22,28H,2-3,10-11,15H2,1H3,(H,26,29)(H,27,30). The van der Waals surface area contributed by atoms with Gasteiger partial charge in [-0.2, -0.15) is 5.26 Å². The summed E-state index contributed by atoms with van der Waals surface area (Å²) in [6, 6.07) is 14.8. The van der Waals surface area contributed by atoms with E-state index in [1.165, 1.54) is 12.1 Å². The molecule has 2 aromatic rings. The molecule has 2 aromatic carbocycles. The lowest BCUT2D eigenvalue weighted by Crippen LogP contribution is -2.49. The first-order chi connectivity index (χ1) is 15.0. The van der Waals surface area contributed by atoms with E-state index in [4.69, 9.17) is 4.74 Å². The molecule has 0 aliphatic heterocycles. The Morgan fingerprint density at radius 1 is 1.19 bits per heavy atom. The van der Waals surface area contributed by atoms with E-state index in [-0.39, 0.29) is 24.3 Å². The van der Waals surface area contributed by atoms with Gasteiger partial charge in [-0.05, 0) is 43.0 Å². The highest BCUT2D eigenvalue weighted by Crippen LogP contribution is 2.26. The Morgan fingerprint density at radius 3 is 2.71 bits per heavy atom. The van der Waals surface area contributed by atoms with E-state index in [0.29, 0.717) is 18.4 Å². The first kappa shape index (κ1) is 22.2. The van der Waals surface area contributed by atoms with Gasteiger partial charge < -0.3 is 20.5 Å². The molecule has 1 aliphatic carbocycles. The Balaban J connectivity index is 1.59. The number of alkyl carbamates (subject to hydrolysis) is 1. The zero-order valence-electron chi connectivity index (χ0n) is 17.5. The number of nitriles is 1. The van der Waals surface area contributed by atoms with Crippen LogP contribution in [0.25, 0.3) is 0 Å². The fourth-order valence-electron chi connectivity index (χ4n) is 3.91. The number of benzene rings is 2. The van der Waals surface area contributed by atoms with Crippen molar-refractivity contribution >= 4 is 12.0 Å². The van der Waals surface area contributed by atoms with Gasteiger partial charge in [0.25, 0.3) is 0 Å². The maximum absolute atomic E-state index is 12.9. The molecular weight excluding hydrogens is 394 g/mol. The minimum Gasteiger partial charge on any atom is -0.508 e. The molecule has 0 spiro atoms. The summed E-state index contributed by atoms with van der Waals surface area (Å²) in [6.07, 6.45) is 2.50. The second-order valence-corrected chi connectivity index (χ2v) is 7.87. The third-order valence-corrected chi connectivity index (χ3v) is 5.48. The molecular formula is C24H27N3O4.